The van der Waals surface area contributed by atoms with E-state index in [1.165, 1.54) is 12.1 Å². The van der Waals surface area contributed by atoms with E-state index >= 15 is 0 Å². The van der Waals surface area contributed by atoms with Crippen LogP contribution in [0.4, 0.5) is 8.78 Å². The molecular weight excluding hydrogens is 312 g/mol. The average molecular weight is 337 g/mol. The maximum absolute atomic E-state index is 14.1. The fraction of sp³-hybridized carbons (Fsp3) is 0.611. The molecule has 1 aromatic carbocycles. The monoisotopic (exact) mass is 337 g/mol. The molecule has 0 radical (unpaired) electrons. The summed E-state index contributed by atoms with van der Waals surface area (Å²) in [4.78, 5) is 14.3. The van der Waals surface area contributed by atoms with Crippen molar-refractivity contribution in [3.63, 3.8) is 0 Å². The Hall–Kier alpha value is -1.53. The van der Waals surface area contributed by atoms with Gasteiger partial charge in [0.15, 0.2) is 0 Å². The van der Waals surface area contributed by atoms with Gasteiger partial charge in [0.1, 0.15) is 11.6 Å². The summed E-state index contributed by atoms with van der Waals surface area (Å²) in [6.07, 6.45) is 3.16. The predicted octanol–water partition coefficient (Wildman–Crippen LogP) is 2.14. The van der Waals surface area contributed by atoms with Gasteiger partial charge in [-0.15, -0.1) is 0 Å². The number of halogens is 2. The van der Waals surface area contributed by atoms with E-state index in [0.717, 1.165) is 25.5 Å². The molecule has 132 valence electrons. The fourth-order valence-electron chi connectivity index (χ4n) is 4.13. The van der Waals surface area contributed by atoms with Gasteiger partial charge in [0, 0.05) is 31.1 Å². The van der Waals surface area contributed by atoms with Gasteiger partial charge in [-0.3, -0.25) is 9.69 Å². The third-order valence-corrected chi connectivity index (χ3v) is 5.47. The Morgan fingerprint density at radius 3 is 2.83 bits per heavy atom. The molecule has 1 aliphatic heterocycles. The molecule has 24 heavy (non-hydrogen) atoms. The Kier molecular flexibility index (Phi) is 5.15. The fourth-order valence-corrected chi connectivity index (χ4v) is 4.13. The number of carbonyl (C=O) groups is 1. The molecule has 0 aromatic heterocycles. The van der Waals surface area contributed by atoms with Gasteiger partial charge in [-0.1, -0.05) is 0 Å². The van der Waals surface area contributed by atoms with Crippen molar-refractivity contribution < 1.29 is 13.6 Å². The smallest absolute Gasteiger partial charge is 0.237 e. The molecule has 6 heteroatoms. The van der Waals surface area contributed by atoms with E-state index in [2.05, 4.69) is 10.2 Å². The number of benzene rings is 1. The molecular formula is C18H25F2N3O. The molecule has 1 saturated carbocycles. The summed E-state index contributed by atoms with van der Waals surface area (Å²) in [5.74, 6) is -0.941. The number of rotatable bonds is 2. The molecule has 2 aliphatic rings. The quantitative estimate of drug-likeness (QED) is 0.869. The van der Waals surface area contributed by atoms with Gasteiger partial charge in [0.05, 0.1) is 6.04 Å². The number of nitrogens with one attached hydrogen (secondary N) is 1. The Bertz CT molecular complexity index is 610. The van der Waals surface area contributed by atoms with Crippen LogP contribution in [0.3, 0.4) is 0 Å². The lowest BCUT2D eigenvalue weighted by Gasteiger charge is -2.41. The van der Waals surface area contributed by atoms with E-state index in [9.17, 15) is 13.6 Å². The molecule has 0 bridgehead atoms. The summed E-state index contributed by atoms with van der Waals surface area (Å²) in [7, 11) is 0. The van der Waals surface area contributed by atoms with Crippen LogP contribution in [0.15, 0.2) is 18.2 Å². The molecule has 1 unspecified atom stereocenters. The zero-order valence-electron chi connectivity index (χ0n) is 14.0. The molecule has 1 aliphatic carbocycles. The van der Waals surface area contributed by atoms with Gasteiger partial charge >= 0.3 is 0 Å². The van der Waals surface area contributed by atoms with Crippen molar-refractivity contribution in [1.82, 2.24) is 10.2 Å². The Labute approximate surface area is 141 Å². The molecule has 0 spiro atoms. The third kappa shape index (κ3) is 3.44. The Morgan fingerprint density at radius 1 is 1.29 bits per heavy atom. The normalized spacial score (nSPS) is 32.2. The van der Waals surface area contributed by atoms with E-state index in [0.29, 0.717) is 24.9 Å². The van der Waals surface area contributed by atoms with E-state index in [1.54, 1.807) is 0 Å². The lowest BCUT2D eigenvalue weighted by atomic mass is 9.77. The molecule has 1 heterocycles. The number of nitrogens with zero attached hydrogens (tertiary/aromatic N) is 1. The lowest BCUT2D eigenvalue weighted by molar-refractivity contribution is -0.126. The second kappa shape index (κ2) is 7.15. The van der Waals surface area contributed by atoms with E-state index in [1.807, 2.05) is 6.92 Å². The van der Waals surface area contributed by atoms with E-state index in [-0.39, 0.29) is 30.0 Å². The second-order valence-corrected chi connectivity index (χ2v) is 6.96. The summed E-state index contributed by atoms with van der Waals surface area (Å²) in [5.41, 5.74) is 6.71. The zero-order valence-corrected chi connectivity index (χ0v) is 14.0. The van der Waals surface area contributed by atoms with Gasteiger partial charge < -0.3 is 11.1 Å². The van der Waals surface area contributed by atoms with Gasteiger partial charge in [0.25, 0.3) is 0 Å². The molecule has 3 N–H and O–H groups in total. The van der Waals surface area contributed by atoms with Crippen LogP contribution in [-0.2, 0) is 4.79 Å². The van der Waals surface area contributed by atoms with Crippen LogP contribution in [0.25, 0.3) is 0 Å². The van der Waals surface area contributed by atoms with E-state index in [4.69, 9.17) is 5.73 Å². The predicted molar refractivity (Wildman–Crippen MR) is 88.5 cm³/mol. The number of hydrogen-bond donors (Lipinski definition) is 2. The summed E-state index contributed by atoms with van der Waals surface area (Å²) in [5, 5.41) is 2.92. The molecule has 3 rings (SSSR count). The summed E-state index contributed by atoms with van der Waals surface area (Å²) in [6.45, 7) is 3.48. The van der Waals surface area contributed by atoms with Crippen LogP contribution < -0.4 is 11.1 Å². The summed E-state index contributed by atoms with van der Waals surface area (Å²) in [6, 6.07) is 3.37. The lowest BCUT2D eigenvalue weighted by Crippen LogP contribution is -2.51. The van der Waals surface area contributed by atoms with Crippen LogP contribution >= 0.6 is 0 Å². The minimum Gasteiger partial charge on any atom is -0.355 e. The molecule has 1 aromatic rings. The van der Waals surface area contributed by atoms with Crippen LogP contribution in [0.1, 0.15) is 44.1 Å². The molecule has 1 saturated heterocycles. The maximum Gasteiger partial charge on any atom is 0.237 e. The summed E-state index contributed by atoms with van der Waals surface area (Å²) < 4.78 is 27.5. The number of amides is 1. The van der Waals surface area contributed by atoms with Crippen molar-refractivity contribution in [1.29, 1.82) is 0 Å². The van der Waals surface area contributed by atoms with Crippen molar-refractivity contribution in [3.8, 4) is 0 Å². The van der Waals surface area contributed by atoms with E-state index < -0.39 is 11.6 Å². The largest absolute Gasteiger partial charge is 0.355 e. The minimum atomic E-state index is -0.432. The van der Waals surface area contributed by atoms with Crippen molar-refractivity contribution in [3.05, 3.63) is 35.4 Å². The van der Waals surface area contributed by atoms with Crippen molar-refractivity contribution >= 4 is 5.91 Å². The highest BCUT2D eigenvalue weighted by Gasteiger charge is 2.36. The molecule has 2 fully saturated rings. The SMILES string of the molecule is C[C@@H]1C(=O)NCCCN1C1CC[C@H](c2cc(F)ccc2F)[C@@H](N)C1. The van der Waals surface area contributed by atoms with Gasteiger partial charge in [-0.2, -0.15) is 0 Å². The van der Waals surface area contributed by atoms with Crippen LogP contribution in [0, 0.1) is 11.6 Å². The van der Waals surface area contributed by atoms with Crippen molar-refractivity contribution in [2.45, 2.75) is 56.7 Å². The second-order valence-electron chi connectivity index (χ2n) is 6.96. The van der Waals surface area contributed by atoms with Gasteiger partial charge in [-0.25, -0.2) is 8.78 Å². The number of hydrogen-bond acceptors (Lipinski definition) is 3. The van der Waals surface area contributed by atoms with Gasteiger partial charge in [0.2, 0.25) is 5.91 Å². The minimum absolute atomic E-state index is 0.0550. The highest BCUT2D eigenvalue weighted by atomic mass is 19.1. The highest BCUT2D eigenvalue weighted by Crippen LogP contribution is 2.36. The number of carbonyl (C=O) groups excluding carboxylic acids is 1. The number of nitrogens with two attached hydrogens (primary N) is 1. The standard InChI is InChI=1S/C18H25F2N3O/c1-11-18(24)22-7-2-8-23(11)13-4-5-14(17(21)10-13)15-9-12(19)3-6-16(15)20/h3,6,9,11,13-14,17H,2,4-5,7-8,10,21H2,1H3,(H,22,24)/t11-,13?,14-,17+/m1/s1. The van der Waals surface area contributed by atoms with Crippen LogP contribution in [-0.4, -0.2) is 42.0 Å². The van der Waals surface area contributed by atoms with Gasteiger partial charge in [-0.05, 0) is 56.4 Å². The van der Waals surface area contributed by atoms with Crippen molar-refractivity contribution in [2.75, 3.05) is 13.1 Å². The zero-order chi connectivity index (χ0) is 17.3. The first kappa shape index (κ1) is 17.3. The molecule has 1 amide bonds. The van der Waals surface area contributed by atoms with Crippen LogP contribution in [0.5, 0.6) is 0 Å². The average Bonchev–Trinajstić information content (AvgIpc) is 2.72. The first-order valence-electron chi connectivity index (χ1n) is 8.71. The highest BCUT2D eigenvalue weighted by molar-refractivity contribution is 5.81. The first-order valence-corrected chi connectivity index (χ1v) is 8.71. The first-order chi connectivity index (χ1) is 11.5. The Balaban J connectivity index is 1.73. The Morgan fingerprint density at radius 2 is 2.08 bits per heavy atom. The maximum atomic E-state index is 14.1. The van der Waals surface area contributed by atoms with Crippen molar-refractivity contribution in [2.24, 2.45) is 5.73 Å². The summed E-state index contributed by atoms with van der Waals surface area (Å²) >= 11 is 0. The molecule has 4 nitrogen and oxygen atoms in total. The van der Waals surface area contributed by atoms with Crippen LogP contribution in [0.2, 0.25) is 0 Å². The third-order valence-electron chi connectivity index (χ3n) is 5.47. The topological polar surface area (TPSA) is 58.4 Å². The molecule has 4 atom stereocenters.